The van der Waals surface area contributed by atoms with Crippen molar-refractivity contribution in [2.75, 3.05) is 11.1 Å². The normalized spacial score (nSPS) is 11.4. The van der Waals surface area contributed by atoms with E-state index in [1.807, 2.05) is 19.1 Å². The molecule has 0 amide bonds. The fraction of sp³-hybridized carbons (Fsp3) is 0.294. The highest BCUT2D eigenvalue weighted by Gasteiger charge is 2.17. The molecule has 2 nitrogen and oxygen atoms in total. The van der Waals surface area contributed by atoms with E-state index in [1.54, 1.807) is 0 Å². The summed E-state index contributed by atoms with van der Waals surface area (Å²) in [5.74, 6) is 0. The lowest BCUT2D eigenvalue weighted by Crippen LogP contribution is -2.13. The summed E-state index contributed by atoms with van der Waals surface area (Å²) >= 11 is 0. The lowest BCUT2D eigenvalue weighted by atomic mass is 9.86. The number of benzene rings is 2. The smallest absolute Gasteiger partial charge is 0.0422 e. The van der Waals surface area contributed by atoms with Gasteiger partial charge in [-0.3, -0.25) is 0 Å². The van der Waals surface area contributed by atoms with Crippen molar-refractivity contribution in [1.82, 2.24) is 0 Å². The summed E-state index contributed by atoms with van der Waals surface area (Å²) in [5.41, 5.74) is 11.4. The van der Waals surface area contributed by atoms with Crippen LogP contribution in [0.15, 0.2) is 42.5 Å². The van der Waals surface area contributed by atoms with Crippen molar-refractivity contribution in [1.29, 1.82) is 0 Å². The molecule has 0 bridgehead atoms. The highest BCUT2D eigenvalue weighted by molar-refractivity contribution is 5.67. The monoisotopic (exact) mass is 254 g/mol. The molecular weight excluding hydrogens is 232 g/mol. The van der Waals surface area contributed by atoms with Crippen LogP contribution < -0.4 is 11.1 Å². The molecule has 0 atom stereocenters. The van der Waals surface area contributed by atoms with Crippen LogP contribution in [0.3, 0.4) is 0 Å². The van der Waals surface area contributed by atoms with E-state index in [0.29, 0.717) is 0 Å². The number of rotatable bonds is 2. The zero-order chi connectivity index (χ0) is 14.0. The molecule has 2 aromatic carbocycles. The number of para-hydroxylation sites is 1. The van der Waals surface area contributed by atoms with E-state index in [-0.39, 0.29) is 5.41 Å². The first-order valence-corrected chi connectivity index (χ1v) is 6.60. The van der Waals surface area contributed by atoms with Crippen LogP contribution in [-0.4, -0.2) is 0 Å². The second-order valence-electron chi connectivity index (χ2n) is 5.99. The predicted molar refractivity (Wildman–Crippen MR) is 84.0 cm³/mol. The molecule has 0 aliphatic rings. The molecule has 0 radical (unpaired) electrons. The van der Waals surface area contributed by atoms with Crippen LogP contribution in [0, 0.1) is 6.92 Å². The summed E-state index contributed by atoms with van der Waals surface area (Å²) in [7, 11) is 0. The molecule has 0 heterocycles. The molecule has 2 heteroatoms. The van der Waals surface area contributed by atoms with Crippen molar-refractivity contribution in [3.63, 3.8) is 0 Å². The maximum Gasteiger partial charge on any atom is 0.0422 e. The number of nitrogens with two attached hydrogens (primary N) is 1. The Morgan fingerprint density at radius 3 is 2.32 bits per heavy atom. The number of hydrogen-bond acceptors (Lipinski definition) is 2. The zero-order valence-electron chi connectivity index (χ0n) is 12.1. The fourth-order valence-corrected chi connectivity index (χ4v) is 2.16. The summed E-state index contributed by atoms with van der Waals surface area (Å²) in [6.45, 7) is 8.70. The molecule has 0 saturated heterocycles. The van der Waals surface area contributed by atoms with Crippen molar-refractivity contribution >= 4 is 17.1 Å². The molecule has 0 aliphatic heterocycles. The predicted octanol–water partition coefficient (Wildman–Crippen LogP) is 4.62. The first-order chi connectivity index (χ1) is 8.88. The number of nitrogen functional groups attached to an aromatic ring is 1. The van der Waals surface area contributed by atoms with Crippen molar-refractivity contribution < 1.29 is 0 Å². The highest BCUT2D eigenvalue weighted by atomic mass is 14.9. The van der Waals surface area contributed by atoms with Crippen LogP contribution in [0.5, 0.6) is 0 Å². The number of nitrogens with one attached hydrogen (secondary N) is 1. The van der Waals surface area contributed by atoms with Gasteiger partial charge in [-0.2, -0.15) is 0 Å². The Balaban J connectivity index is 2.36. The second-order valence-corrected chi connectivity index (χ2v) is 5.99. The summed E-state index contributed by atoms with van der Waals surface area (Å²) in [6.07, 6.45) is 0. The molecule has 0 saturated carbocycles. The SMILES string of the molecule is Cc1cc(Nc2ccccc2C(C)(C)C)ccc1N. The van der Waals surface area contributed by atoms with Gasteiger partial charge in [0.1, 0.15) is 0 Å². The number of aryl methyl sites for hydroxylation is 1. The maximum absolute atomic E-state index is 5.85. The van der Waals surface area contributed by atoms with E-state index in [1.165, 1.54) is 5.56 Å². The average molecular weight is 254 g/mol. The number of hydrogen-bond donors (Lipinski definition) is 2. The molecule has 0 fully saturated rings. The number of anilines is 3. The van der Waals surface area contributed by atoms with Gasteiger partial charge in [0.2, 0.25) is 0 Å². The third kappa shape index (κ3) is 3.08. The van der Waals surface area contributed by atoms with Crippen molar-refractivity contribution in [3.05, 3.63) is 53.6 Å². The molecule has 0 aromatic heterocycles. The Morgan fingerprint density at radius 2 is 1.68 bits per heavy atom. The maximum atomic E-state index is 5.85. The molecular formula is C17H22N2. The van der Waals surface area contributed by atoms with Crippen LogP contribution >= 0.6 is 0 Å². The van der Waals surface area contributed by atoms with Gasteiger partial charge in [-0.05, 0) is 47.7 Å². The molecule has 0 aliphatic carbocycles. The third-order valence-electron chi connectivity index (χ3n) is 3.28. The van der Waals surface area contributed by atoms with Crippen molar-refractivity contribution in [2.24, 2.45) is 0 Å². The minimum absolute atomic E-state index is 0.118. The van der Waals surface area contributed by atoms with Crippen LogP contribution in [0.1, 0.15) is 31.9 Å². The summed E-state index contributed by atoms with van der Waals surface area (Å²) < 4.78 is 0. The van der Waals surface area contributed by atoms with Gasteiger partial charge in [0, 0.05) is 17.1 Å². The zero-order valence-corrected chi connectivity index (χ0v) is 12.1. The summed E-state index contributed by atoms with van der Waals surface area (Å²) in [4.78, 5) is 0. The molecule has 100 valence electrons. The van der Waals surface area contributed by atoms with E-state index in [4.69, 9.17) is 5.73 Å². The van der Waals surface area contributed by atoms with Gasteiger partial charge in [0.05, 0.1) is 0 Å². The van der Waals surface area contributed by atoms with E-state index >= 15 is 0 Å². The standard InChI is InChI=1S/C17H22N2/c1-12-11-13(9-10-15(12)18)19-16-8-6-5-7-14(16)17(2,3)4/h5-11,19H,18H2,1-4H3. The summed E-state index contributed by atoms with van der Waals surface area (Å²) in [5, 5.41) is 3.49. The minimum atomic E-state index is 0.118. The Labute approximate surface area is 115 Å². The first-order valence-electron chi connectivity index (χ1n) is 6.60. The second kappa shape index (κ2) is 4.96. The highest BCUT2D eigenvalue weighted by Crippen LogP contribution is 2.31. The van der Waals surface area contributed by atoms with Gasteiger partial charge in [-0.25, -0.2) is 0 Å². The molecule has 2 aromatic rings. The average Bonchev–Trinajstić information content (AvgIpc) is 2.33. The quantitative estimate of drug-likeness (QED) is 0.767. The van der Waals surface area contributed by atoms with Gasteiger partial charge in [-0.15, -0.1) is 0 Å². The Hall–Kier alpha value is -1.96. The Kier molecular flexibility index (Phi) is 3.52. The lowest BCUT2D eigenvalue weighted by molar-refractivity contribution is 0.592. The van der Waals surface area contributed by atoms with Gasteiger partial charge < -0.3 is 11.1 Å². The van der Waals surface area contributed by atoms with Crippen LogP contribution in [0.25, 0.3) is 0 Å². The fourth-order valence-electron chi connectivity index (χ4n) is 2.16. The van der Waals surface area contributed by atoms with Gasteiger partial charge in [0.15, 0.2) is 0 Å². The topological polar surface area (TPSA) is 38.0 Å². The summed E-state index contributed by atoms with van der Waals surface area (Å²) in [6, 6.07) is 14.5. The Bertz CT molecular complexity index is 580. The first kappa shape index (κ1) is 13.5. The van der Waals surface area contributed by atoms with Gasteiger partial charge in [-0.1, -0.05) is 39.0 Å². The third-order valence-corrected chi connectivity index (χ3v) is 3.28. The van der Waals surface area contributed by atoms with E-state index < -0.39 is 0 Å². The Morgan fingerprint density at radius 1 is 1.00 bits per heavy atom. The molecule has 3 N–H and O–H groups in total. The van der Waals surface area contributed by atoms with Crippen LogP contribution in [0.2, 0.25) is 0 Å². The van der Waals surface area contributed by atoms with E-state index in [9.17, 15) is 0 Å². The van der Waals surface area contributed by atoms with Gasteiger partial charge in [0.25, 0.3) is 0 Å². The van der Waals surface area contributed by atoms with E-state index in [2.05, 4.69) is 56.4 Å². The van der Waals surface area contributed by atoms with Crippen LogP contribution in [-0.2, 0) is 5.41 Å². The largest absolute Gasteiger partial charge is 0.399 e. The lowest BCUT2D eigenvalue weighted by Gasteiger charge is -2.23. The van der Waals surface area contributed by atoms with Crippen molar-refractivity contribution in [3.8, 4) is 0 Å². The molecule has 0 spiro atoms. The van der Waals surface area contributed by atoms with Crippen molar-refractivity contribution in [2.45, 2.75) is 33.1 Å². The van der Waals surface area contributed by atoms with Gasteiger partial charge >= 0.3 is 0 Å². The van der Waals surface area contributed by atoms with Crippen LogP contribution in [0.4, 0.5) is 17.1 Å². The minimum Gasteiger partial charge on any atom is -0.399 e. The molecule has 19 heavy (non-hydrogen) atoms. The van der Waals surface area contributed by atoms with E-state index in [0.717, 1.165) is 22.6 Å². The molecule has 0 unspecified atom stereocenters. The molecule has 2 rings (SSSR count).